The zero-order chi connectivity index (χ0) is 24.3. The molecule has 0 aliphatic rings. The van der Waals surface area contributed by atoms with Gasteiger partial charge >= 0.3 is 6.18 Å². The van der Waals surface area contributed by atoms with E-state index in [1.807, 2.05) is 0 Å². The number of phenols is 1. The van der Waals surface area contributed by atoms with Crippen LogP contribution < -0.4 is 5.32 Å². The molecule has 2 aromatic carbocycles. The minimum Gasteiger partial charge on any atom is -0.506 e. The van der Waals surface area contributed by atoms with Crippen LogP contribution in [0.15, 0.2) is 40.9 Å². The molecule has 0 saturated carbocycles. The summed E-state index contributed by atoms with van der Waals surface area (Å²) in [6, 6.07) is 7.58. The normalized spacial score (nSPS) is 11.5. The molecular weight excluding hydrogens is 495 g/mol. The molecule has 7 heteroatoms. The molecule has 0 bridgehead atoms. The second-order valence-electron chi connectivity index (χ2n) is 8.37. The Kier molecular flexibility index (Phi) is 11.2. The molecule has 2 rings (SSSR count). The molecule has 0 radical (unpaired) electrons. The van der Waals surface area contributed by atoms with Gasteiger partial charge in [0.2, 0.25) is 0 Å². The van der Waals surface area contributed by atoms with Crippen molar-refractivity contribution in [2.45, 2.75) is 77.3 Å². The molecule has 0 heterocycles. The Morgan fingerprint density at radius 1 is 0.939 bits per heavy atom. The van der Waals surface area contributed by atoms with E-state index in [4.69, 9.17) is 0 Å². The van der Waals surface area contributed by atoms with Crippen LogP contribution in [0.4, 0.5) is 13.2 Å². The predicted octanol–water partition coefficient (Wildman–Crippen LogP) is 8.49. The highest BCUT2D eigenvalue weighted by Crippen LogP contribution is 2.39. The number of amides is 1. The number of phenolic OH excluding ortho intramolecular Hbond substituents is 1. The van der Waals surface area contributed by atoms with Crippen molar-refractivity contribution in [2.75, 3.05) is 6.54 Å². The van der Waals surface area contributed by atoms with E-state index >= 15 is 0 Å². The molecule has 33 heavy (non-hydrogen) atoms. The highest BCUT2D eigenvalue weighted by molar-refractivity contribution is 9.10. The third-order valence-corrected chi connectivity index (χ3v) is 6.25. The van der Waals surface area contributed by atoms with Gasteiger partial charge in [-0.2, -0.15) is 13.2 Å². The Morgan fingerprint density at radius 2 is 1.55 bits per heavy atom. The van der Waals surface area contributed by atoms with Gasteiger partial charge in [-0.15, -0.1) is 0 Å². The van der Waals surface area contributed by atoms with Gasteiger partial charge in [0.05, 0.1) is 10.0 Å². The van der Waals surface area contributed by atoms with Crippen LogP contribution in [0, 0.1) is 0 Å². The van der Waals surface area contributed by atoms with Gasteiger partial charge in [-0.1, -0.05) is 76.8 Å². The van der Waals surface area contributed by atoms with Crippen LogP contribution in [-0.4, -0.2) is 17.6 Å². The third kappa shape index (κ3) is 9.03. The molecule has 1 amide bonds. The molecule has 0 spiro atoms. The number of halogens is 4. The summed E-state index contributed by atoms with van der Waals surface area (Å²) in [5.74, 6) is -0.527. The number of carbonyl (C=O) groups excluding carboxylic acids is 1. The summed E-state index contributed by atoms with van der Waals surface area (Å²) in [5.41, 5.74) is -0.183. The molecular formula is C26H33BrF3NO2. The molecule has 0 fully saturated rings. The monoisotopic (exact) mass is 527 g/mol. The summed E-state index contributed by atoms with van der Waals surface area (Å²) >= 11 is 3.21. The second kappa shape index (κ2) is 13.6. The summed E-state index contributed by atoms with van der Waals surface area (Å²) in [5, 5.41) is 13.2. The van der Waals surface area contributed by atoms with Gasteiger partial charge in [0.25, 0.3) is 5.91 Å². The summed E-state index contributed by atoms with van der Waals surface area (Å²) in [7, 11) is 0. The van der Waals surface area contributed by atoms with E-state index in [1.165, 1.54) is 69.2 Å². The maximum atomic E-state index is 13.1. The minimum absolute atomic E-state index is 0.166. The standard InChI is InChI=1S/C26H33BrF3NO2/c1-2-3-4-5-6-7-8-9-10-11-15-31-25(33)20-17-22(24(32)23(27)18-20)19-13-12-14-21(16-19)26(28,29)30/h12-14,16-18,32H,2-11,15H2,1H3,(H,31,33). The van der Waals surface area contributed by atoms with E-state index < -0.39 is 11.7 Å². The Bertz CT molecular complexity index is 900. The second-order valence-corrected chi connectivity index (χ2v) is 9.23. The van der Waals surface area contributed by atoms with E-state index in [2.05, 4.69) is 28.2 Å². The van der Waals surface area contributed by atoms with Crippen molar-refractivity contribution < 1.29 is 23.1 Å². The number of alkyl halides is 3. The predicted molar refractivity (Wildman–Crippen MR) is 130 cm³/mol. The molecule has 0 aromatic heterocycles. The number of aromatic hydroxyl groups is 1. The fraction of sp³-hybridized carbons (Fsp3) is 0.500. The van der Waals surface area contributed by atoms with E-state index in [9.17, 15) is 23.1 Å². The number of benzene rings is 2. The Morgan fingerprint density at radius 3 is 2.15 bits per heavy atom. The fourth-order valence-electron chi connectivity index (χ4n) is 3.73. The zero-order valence-electron chi connectivity index (χ0n) is 19.1. The lowest BCUT2D eigenvalue weighted by Gasteiger charge is -2.13. The maximum absolute atomic E-state index is 13.1. The molecule has 2 N–H and O–H groups in total. The molecule has 0 aliphatic carbocycles. The largest absolute Gasteiger partial charge is 0.506 e. The molecule has 0 atom stereocenters. The first kappa shape index (κ1) is 27.2. The lowest BCUT2D eigenvalue weighted by molar-refractivity contribution is -0.137. The van der Waals surface area contributed by atoms with Crippen molar-refractivity contribution in [3.05, 3.63) is 52.0 Å². The minimum atomic E-state index is -4.49. The van der Waals surface area contributed by atoms with Gasteiger partial charge < -0.3 is 10.4 Å². The van der Waals surface area contributed by atoms with Crippen LogP contribution in [0.5, 0.6) is 5.75 Å². The fourth-order valence-corrected chi connectivity index (χ4v) is 4.19. The number of hydrogen-bond acceptors (Lipinski definition) is 2. The van der Waals surface area contributed by atoms with Crippen LogP contribution in [0.3, 0.4) is 0 Å². The van der Waals surface area contributed by atoms with E-state index in [-0.39, 0.29) is 32.8 Å². The molecule has 3 nitrogen and oxygen atoms in total. The number of nitrogens with one attached hydrogen (secondary N) is 1. The van der Waals surface area contributed by atoms with Crippen molar-refractivity contribution in [2.24, 2.45) is 0 Å². The average molecular weight is 528 g/mol. The first-order valence-electron chi connectivity index (χ1n) is 11.7. The highest BCUT2D eigenvalue weighted by atomic mass is 79.9. The lowest BCUT2D eigenvalue weighted by Crippen LogP contribution is -2.24. The Labute approximate surface area is 202 Å². The number of rotatable bonds is 13. The van der Waals surface area contributed by atoms with Crippen molar-refractivity contribution in [3.63, 3.8) is 0 Å². The average Bonchev–Trinajstić information content (AvgIpc) is 2.78. The molecule has 0 saturated heterocycles. The smallest absolute Gasteiger partial charge is 0.416 e. The van der Waals surface area contributed by atoms with Gasteiger partial charge in [0.1, 0.15) is 5.75 Å². The van der Waals surface area contributed by atoms with Crippen molar-refractivity contribution >= 4 is 21.8 Å². The van der Waals surface area contributed by atoms with E-state index in [0.717, 1.165) is 31.4 Å². The first-order valence-corrected chi connectivity index (χ1v) is 12.5. The van der Waals surface area contributed by atoms with Crippen molar-refractivity contribution in [1.29, 1.82) is 0 Å². The van der Waals surface area contributed by atoms with Crippen LogP contribution in [0.1, 0.15) is 87.1 Å². The topological polar surface area (TPSA) is 49.3 Å². The molecule has 0 aliphatic heterocycles. The van der Waals surface area contributed by atoms with Crippen LogP contribution >= 0.6 is 15.9 Å². The molecule has 2 aromatic rings. The number of carbonyl (C=O) groups is 1. The van der Waals surface area contributed by atoms with Crippen LogP contribution in [-0.2, 0) is 6.18 Å². The van der Waals surface area contributed by atoms with Crippen LogP contribution in [0.25, 0.3) is 11.1 Å². The number of unbranched alkanes of at least 4 members (excludes halogenated alkanes) is 9. The zero-order valence-corrected chi connectivity index (χ0v) is 20.7. The summed E-state index contributed by atoms with van der Waals surface area (Å²) in [6.07, 6.45) is 7.56. The van der Waals surface area contributed by atoms with Crippen molar-refractivity contribution in [3.8, 4) is 16.9 Å². The van der Waals surface area contributed by atoms with Crippen molar-refractivity contribution in [1.82, 2.24) is 5.32 Å². The maximum Gasteiger partial charge on any atom is 0.416 e. The third-order valence-electron chi connectivity index (χ3n) is 5.64. The van der Waals surface area contributed by atoms with Crippen LogP contribution in [0.2, 0.25) is 0 Å². The SMILES string of the molecule is CCCCCCCCCCCCNC(=O)c1cc(Br)c(O)c(-c2cccc(C(F)(F)F)c2)c1. The van der Waals surface area contributed by atoms with Gasteiger partial charge in [0, 0.05) is 17.7 Å². The lowest BCUT2D eigenvalue weighted by atomic mass is 9.99. The Balaban J connectivity index is 1.87. The number of hydrogen-bond donors (Lipinski definition) is 2. The van der Waals surface area contributed by atoms with Gasteiger partial charge in [-0.3, -0.25) is 4.79 Å². The Hall–Kier alpha value is -2.02. The first-order chi connectivity index (χ1) is 15.7. The van der Waals surface area contributed by atoms with E-state index in [0.29, 0.717) is 6.54 Å². The summed E-state index contributed by atoms with van der Waals surface area (Å²) < 4.78 is 39.5. The summed E-state index contributed by atoms with van der Waals surface area (Å²) in [6.45, 7) is 2.75. The van der Waals surface area contributed by atoms with Gasteiger partial charge in [-0.25, -0.2) is 0 Å². The highest BCUT2D eigenvalue weighted by Gasteiger charge is 2.30. The van der Waals surface area contributed by atoms with Gasteiger partial charge in [-0.05, 0) is 52.2 Å². The molecule has 0 unspecified atom stereocenters. The molecule has 182 valence electrons. The summed E-state index contributed by atoms with van der Waals surface area (Å²) in [4.78, 5) is 12.6. The van der Waals surface area contributed by atoms with E-state index in [1.54, 1.807) is 0 Å². The van der Waals surface area contributed by atoms with Gasteiger partial charge in [0.15, 0.2) is 0 Å². The quantitative estimate of drug-likeness (QED) is 0.256.